The van der Waals surface area contributed by atoms with Crippen LogP contribution in [-0.4, -0.2) is 26.2 Å². The molecule has 1 aliphatic rings. The van der Waals surface area contributed by atoms with E-state index in [1.165, 1.54) is 28.0 Å². The zero-order valence-corrected chi connectivity index (χ0v) is 19.4. The summed E-state index contributed by atoms with van der Waals surface area (Å²) in [5, 5.41) is 3.35. The molecule has 0 aromatic carbocycles. The maximum Gasteiger partial charge on any atom is 0.341 e. The van der Waals surface area contributed by atoms with E-state index in [2.05, 4.69) is 15.3 Å². The average molecular weight is 475 g/mol. The highest BCUT2D eigenvalue weighted by Crippen LogP contribution is 2.39. The summed E-state index contributed by atoms with van der Waals surface area (Å²) in [6, 6.07) is 8.34. The van der Waals surface area contributed by atoms with Crippen LogP contribution in [0.15, 0.2) is 53.7 Å². The zero-order chi connectivity index (χ0) is 23.7. The lowest BCUT2D eigenvalue weighted by atomic mass is 9.95. The smallest absolute Gasteiger partial charge is 0.341 e. The number of anilines is 1. The van der Waals surface area contributed by atoms with Crippen LogP contribution in [0.5, 0.6) is 0 Å². The van der Waals surface area contributed by atoms with Gasteiger partial charge in [-0.05, 0) is 61.9 Å². The van der Waals surface area contributed by atoms with E-state index in [0.717, 1.165) is 41.7 Å². The maximum absolute atomic E-state index is 13.2. The second kappa shape index (κ2) is 9.18. The number of esters is 1. The van der Waals surface area contributed by atoms with Crippen LogP contribution in [0.1, 0.15) is 55.3 Å². The highest BCUT2D eigenvalue weighted by molar-refractivity contribution is 7.17. The number of ether oxygens (including phenoxy) is 1. The average Bonchev–Trinajstić information content (AvgIpc) is 3.21. The van der Waals surface area contributed by atoms with Crippen molar-refractivity contribution in [2.24, 2.45) is 0 Å². The topological polar surface area (TPSA) is 103 Å². The van der Waals surface area contributed by atoms with Gasteiger partial charge in [-0.2, -0.15) is 0 Å². The molecule has 0 bridgehead atoms. The van der Waals surface area contributed by atoms with Crippen LogP contribution < -0.4 is 10.9 Å². The number of aromatic nitrogens is 3. The number of carbonyl (C=O) groups excluding carboxylic acids is 2. The molecular formula is C25H22N4O4S. The summed E-state index contributed by atoms with van der Waals surface area (Å²) in [5.74, 6) is -0.868. The molecule has 1 amide bonds. The quantitative estimate of drug-likeness (QED) is 0.440. The van der Waals surface area contributed by atoms with Crippen LogP contribution in [0.25, 0.3) is 5.65 Å². The van der Waals surface area contributed by atoms with Crippen molar-refractivity contribution in [2.75, 3.05) is 5.32 Å². The molecule has 1 N–H and O–H groups in total. The van der Waals surface area contributed by atoms with Crippen molar-refractivity contribution in [3.63, 3.8) is 0 Å². The molecule has 5 rings (SSSR count). The fourth-order valence-corrected chi connectivity index (χ4v) is 5.36. The Bertz CT molecular complexity index is 1460. The zero-order valence-electron chi connectivity index (χ0n) is 18.5. The van der Waals surface area contributed by atoms with Gasteiger partial charge >= 0.3 is 5.97 Å². The van der Waals surface area contributed by atoms with Crippen molar-refractivity contribution in [1.82, 2.24) is 14.4 Å². The highest BCUT2D eigenvalue weighted by Gasteiger charge is 2.28. The van der Waals surface area contributed by atoms with E-state index in [4.69, 9.17) is 4.74 Å². The Morgan fingerprint density at radius 2 is 2.06 bits per heavy atom. The SMILES string of the molecule is Cc1ccc2nc(COC(=O)c3c(NC(=O)c4cccnc4)sc4c3CCCC4)cc(=O)n2c1. The predicted octanol–water partition coefficient (Wildman–Crippen LogP) is 3.95. The van der Waals surface area contributed by atoms with Crippen molar-refractivity contribution < 1.29 is 14.3 Å². The normalized spacial score (nSPS) is 12.9. The van der Waals surface area contributed by atoms with Crippen LogP contribution in [-0.2, 0) is 24.2 Å². The van der Waals surface area contributed by atoms with Gasteiger partial charge in [0.2, 0.25) is 0 Å². The van der Waals surface area contributed by atoms with Gasteiger partial charge < -0.3 is 10.1 Å². The molecule has 0 saturated heterocycles. The molecule has 0 unspecified atom stereocenters. The first-order valence-corrected chi connectivity index (χ1v) is 11.8. The molecule has 172 valence electrons. The first-order valence-electron chi connectivity index (χ1n) is 11.0. The van der Waals surface area contributed by atoms with Gasteiger partial charge in [-0.3, -0.25) is 19.0 Å². The molecule has 8 nitrogen and oxygen atoms in total. The number of nitrogens with zero attached hydrogens (tertiary/aromatic N) is 3. The Balaban J connectivity index is 1.40. The van der Waals surface area contributed by atoms with Crippen molar-refractivity contribution in [1.29, 1.82) is 0 Å². The summed E-state index contributed by atoms with van der Waals surface area (Å²) in [5.41, 5.74) is 3.29. The molecule has 0 aliphatic heterocycles. The van der Waals surface area contributed by atoms with Crippen molar-refractivity contribution in [3.05, 3.63) is 92.1 Å². The second-order valence-corrected chi connectivity index (χ2v) is 9.31. The largest absolute Gasteiger partial charge is 0.455 e. The second-order valence-electron chi connectivity index (χ2n) is 8.21. The molecule has 0 fully saturated rings. The number of pyridine rings is 2. The first kappa shape index (κ1) is 22.0. The van der Waals surface area contributed by atoms with Crippen molar-refractivity contribution in [3.8, 4) is 0 Å². The van der Waals surface area contributed by atoms with Crippen molar-refractivity contribution >= 4 is 33.9 Å². The summed E-state index contributed by atoms with van der Waals surface area (Å²) in [4.78, 5) is 47.9. The standard InChI is InChI=1S/C25H22N4O4S/c1-15-8-9-20-27-17(11-21(30)29(20)13-15)14-33-25(32)22-18-6-2-3-7-19(18)34-24(22)28-23(31)16-5-4-10-26-12-16/h4-5,8-13H,2-3,6-7,14H2,1H3,(H,28,31). The van der Waals surface area contributed by atoms with Crippen molar-refractivity contribution in [2.45, 2.75) is 39.2 Å². The van der Waals surface area contributed by atoms with E-state index in [-0.39, 0.29) is 18.1 Å². The minimum Gasteiger partial charge on any atom is -0.455 e. The lowest BCUT2D eigenvalue weighted by Gasteiger charge is -2.13. The van der Waals surface area contributed by atoms with Gasteiger partial charge in [-0.15, -0.1) is 11.3 Å². The van der Waals surface area contributed by atoms with E-state index in [9.17, 15) is 14.4 Å². The number of hydrogen-bond acceptors (Lipinski definition) is 7. The van der Waals surface area contributed by atoms with E-state index in [1.807, 2.05) is 13.0 Å². The van der Waals surface area contributed by atoms with Crippen LogP contribution >= 0.6 is 11.3 Å². The fraction of sp³-hybridized carbons (Fsp3) is 0.240. The Morgan fingerprint density at radius 1 is 1.21 bits per heavy atom. The summed E-state index contributed by atoms with van der Waals surface area (Å²) >= 11 is 1.42. The van der Waals surface area contributed by atoms with E-state index in [1.54, 1.807) is 30.6 Å². The lowest BCUT2D eigenvalue weighted by Crippen LogP contribution is -2.18. The summed E-state index contributed by atoms with van der Waals surface area (Å²) in [6.45, 7) is 1.76. The summed E-state index contributed by atoms with van der Waals surface area (Å²) < 4.78 is 7.05. The number of carbonyl (C=O) groups is 2. The first-order chi connectivity index (χ1) is 16.5. The van der Waals surface area contributed by atoms with Crippen LogP contribution in [0.3, 0.4) is 0 Å². The number of nitrogens with one attached hydrogen (secondary N) is 1. The summed E-state index contributed by atoms with van der Waals surface area (Å²) in [6.07, 6.45) is 8.43. The molecule has 4 aromatic rings. The number of amides is 1. The molecule has 4 aromatic heterocycles. The Hall–Kier alpha value is -3.85. The third kappa shape index (κ3) is 4.34. The summed E-state index contributed by atoms with van der Waals surface area (Å²) in [7, 11) is 0. The molecule has 9 heteroatoms. The fourth-order valence-electron chi connectivity index (χ4n) is 4.09. The maximum atomic E-state index is 13.2. The molecule has 0 spiro atoms. The molecule has 0 radical (unpaired) electrons. The van der Waals surface area contributed by atoms with Gasteiger partial charge in [0.05, 0.1) is 16.8 Å². The molecular weight excluding hydrogens is 452 g/mol. The van der Waals surface area contributed by atoms with Gasteiger partial charge in [-0.25, -0.2) is 9.78 Å². The Morgan fingerprint density at radius 3 is 2.88 bits per heavy atom. The van der Waals surface area contributed by atoms with Crippen LogP contribution in [0.2, 0.25) is 0 Å². The van der Waals surface area contributed by atoms with E-state index >= 15 is 0 Å². The predicted molar refractivity (Wildman–Crippen MR) is 128 cm³/mol. The van der Waals surface area contributed by atoms with Gasteiger partial charge in [0.15, 0.2) is 0 Å². The minimum absolute atomic E-state index is 0.140. The number of rotatable bonds is 5. The molecule has 0 atom stereocenters. The number of thiophene rings is 1. The molecule has 0 saturated carbocycles. The van der Waals surface area contributed by atoms with E-state index < -0.39 is 5.97 Å². The Kier molecular flexibility index (Phi) is 5.93. The molecule has 34 heavy (non-hydrogen) atoms. The monoisotopic (exact) mass is 474 g/mol. The number of fused-ring (bicyclic) bond motifs is 2. The molecule has 4 heterocycles. The third-order valence-electron chi connectivity index (χ3n) is 5.74. The van der Waals surface area contributed by atoms with Gasteiger partial charge in [0.1, 0.15) is 17.3 Å². The lowest BCUT2D eigenvalue weighted by molar-refractivity contribution is 0.0468. The third-order valence-corrected chi connectivity index (χ3v) is 6.95. The Labute approximate surface area is 199 Å². The number of aryl methyl sites for hydroxylation is 2. The van der Waals surface area contributed by atoms with Gasteiger partial charge in [-0.1, -0.05) is 6.07 Å². The minimum atomic E-state index is -0.535. The highest BCUT2D eigenvalue weighted by atomic mass is 32.1. The van der Waals surface area contributed by atoms with Gasteiger partial charge in [0.25, 0.3) is 11.5 Å². The number of hydrogen-bond donors (Lipinski definition) is 1. The molecule has 1 aliphatic carbocycles. The van der Waals surface area contributed by atoms with Crippen LogP contribution in [0.4, 0.5) is 5.00 Å². The van der Waals surface area contributed by atoms with E-state index in [0.29, 0.717) is 27.5 Å². The van der Waals surface area contributed by atoms with Crippen LogP contribution in [0, 0.1) is 6.92 Å². The van der Waals surface area contributed by atoms with Gasteiger partial charge in [0, 0.05) is 29.5 Å².